The number of ether oxygens (including phenoxy) is 2. The Labute approximate surface area is 171 Å². The highest BCUT2D eigenvalue weighted by atomic mass is 35.5. The molecular formula is C19H16ClF2NO5S. The van der Waals surface area contributed by atoms with E-state index in [1.165, 1.54) is 24.3 Å². The summed E-state index contributed by atoms with van der Waals surface area (Å²) in [6.07, 6.45) is 3.50. The summed E-state index contributed by atoms with van der Waals surface area (Å²) in [4.78, 5) is 11.6. The van der Waals surface area contributed by atoms with E-state index in [-0.39, 0.29) is 5.69 Å². The average molecular weight is 444 g/mol. The third kappa shape index (κ3) is 5.04. The van der Waals surface area contributed by atoms with Gasteiger partial charge >= 0.3 is 5.76 Å². The highest BCUT2D eigenvalue weighted by Crippen LogP contribution is 2.38. The average Bonchev–Trinajstić information content (AvgIpc) is 2.92. The Morgan fingerprint density at radius 1 is 1.14 bits per heavy atom. The number of halogens is 3. The maximum Gasteiger partial charge on any atom is 0.341 e. The van der Waals surface area contributed by atoms with Gasteiger partial charge in [-0.05, 0) is 48.0 Å². The number of carbonyl (C=O) groups excluding carboxylic acids is 1. The second-order valence-electron chi connectivity index (χ2n) is 6.03. The molecule has 1 amide bonds. The number of carbonyl (C=O) groups is 1. The lowest BCUT2D eigenvalue weighted by Gasteiger charge is -2.10. The summed E-state index contributed by atoms with van der Waals surface area (Å²) in [5.41, 5.74) is 0.873. The summed E-state index contributed by atoms with van der Waals surface area (Å²) in [6.45, 7) is 0.996. The number of sulfone groups is 1. The van der Waals surface area contributed by atoms with Crippen molar-refractivity contribution < 1.29 is 31.5 Å². The Kier molecular flexibility index (Phi) is 6.39. The van der Waals surface area contributed by atoms with E-state index in [0.29, 0.717) is 35.3 Å². The molecule has 2 aromatic rings. The van der Waals surface area contributed by atoms with Crippen molar-refractivity contribution in [2.75, 3.05) is 18.5 Å². The molecule has 0 bridgehead atoms. The topological polar surface area (TPSA) is 81.7 Å². The van der Waals surface area contributed by atoms with Gasteiger partial charge in [0.15, 0.2) is 11.5 Å². The van der Waals surface area contributed by atoms with E-state index in [0.717, 1.165) is 18.6 Å². The molecule has 6 nitrogen and oxygen atoms in total. The van der Waals surface area contributed by atoms with Crippen LogP contribution in [-0.4, -0.2) is 33.3 Å². The van der Waals surface area contributed by atoms with Gasteiger partial charge in [-0.15, -0.1) is 0 Å². The van der Waals surface area contributed by atoms with E-state index < -0.39 is 26.4 Å². The predicted molar refractivity (Wildman–Crippen MR) is 104 cm³/mol. The number of alkyl halides is 2. The minimum atomic E-state index is -4.68. The van der Waals surface area contributed by atoms with Gasteiger partial charge in [0.05, 0.1) is 23.1 Å². The standard InChI is InChI=1S/C19H16ClF2NO5S/c20-15-10-12(11-16-18(15)28-9-1-8-27-16)2-7-17(24)23-13-3-5-14(6-4-13)29(25,26)19(21)22/h2-7,10-11,19H,1,8-9H2,(H,23,24). The number of nitrogens with one attached hydrogen (secondary N) is 1. The molecule has 3 rings (SSSR count). The summed E-state index contributed by atoms with van der Waals surface area (Å²) in [7, 11) is -4.68. The molecule has 1 heterocycles. The second-order valence-corrected chi connectivity index (χ2v) is 8.36. The quantitative estimate of drug-likeness (QED) is 0.702. The summed E-state index contributed by atoms with van der Waals surface area (Å²) in [5.74, 6) is -3.05. The van der Waals surface area contributed by atoms with Gasteiger partial charge in [-0.25, -0.2) is 8.42 Å². The van der Waals surface area contributed by atoms with Crippen molar-refractivity contribution in [3.05, 3.63) is 53.1 Å². The van der Waals surface area contributed by atoms with E-state index in [1.807, 2.05) is 0 Å². The summed E-state index contributed by atoms with van der Waals surface area (Å²) < 4.78 is 59.0. The number of rotatable bonds is 5. The molecule has 0 saturated heterocycles. The SMILES string of the molecule is O=C(C=Cc1cc(Cl)c2c(c1)OCCCO2)Nc1ccc(S(=O)(=O)C(F)F)cc1. The van der Waals surface area contributed by atoms with Crippen molar-refractivity contribution >= 4 is 39.1 Å². The second kappa shape index (κ2) is 8.79. The molecule has 0 spiro atoms. The number of amides is 1. The van der Waals surface area contributed by atoms with Crippen LogP contribution in [0, 0.1) is 0 Å². The molecule has 10 heteroatoms. The first-order chi connectivity index (χ1) is 13.8. The largest absolute Gasteiger partial charge is 0.489 e. The molecule has 0 aliphatic carbocycles. The number of anilines is 1. The number of fused-ring (bicyclic) bond motifs is 1. The molecule has 0 saturated carbocycles. The number of benzene rings is 2. The molecule has 0 aromatic heterocycles. The lowest BCUT2D eigenvalue weighted by atomic mass is 10.2. The molecule has 0 atom stereocenters. The Morgan fingerprint density at radius 3 is 2.52 bits per heavy atom. The fourth-order valence-electron chi connectivity index (χ4n) is 2.53. The van der Waals surface area contributed by atoms with Crippen molar-refractivity contribution in [3.8, 4) is 11.5 Å². The molecule has 0 unspecified atom stereocenters. The number of hydrogen-bond acceptors (Lipinski definition) is 5. The van der Waals surface area contributed by atoms with Crippen LogP contribution in [-0.2, 0) is 14.6 Å². The predicted octanol–water partition coefficient (Wildman–Crippen LogP) is 4.15. The summed E-state index contributed by atoms with van der Waals surface area (Å²) in [6, 6.07) is 7.79. The molecule has 0 fully saturated rings. The van der Waals surface area contributed by atoms with Gasteiger partial charge in [-0.3, -0.25) is 4.79 Å². The van der Waals surface area contributed by atoms with Gasteiger partial charge in [0, 0.05) is 18.2 Å². The van der Waals surface area contributed by atoms with E-state index in [4.69, 9.17) is 21.1 Å². The Bertz CT molecular complexity index is 1040. The maximum atomic E-state index is 12.5. The zero-order chi connectivity index (χ0) is 21.0. The first kappa shape index (κ1) is 21.1. The van der Waals surface area contributed by atoms with Crippen LogP contribution in [0.5, 0.6) is 11.5 Å². The van der Waals surface area contributed by atoms with Crippen molar-refractivity contribution in [2.45, 2.75) is 17.1 Å². The van der Waals surface area contributed by atoms with Gasteiger partial charge in [0.25, 0.3) is 0 Å². The van der Waals surface area contributed by atoms with Gasteiger partial charge in [-0.1, -0.05) is 11.6 Å². The first-order valence-electron chi connectivity index (χ1n) is 8.48. The lowest BCUT2D eigenvalue weighted by Crippen LogP contribution is -2.12. The van der Waals surface area contributed by atoms with E-state index in [1.54, 1.807) is 12.1 Å². The minimum Gasteiger partial charge on any atom is -0.489 e. The molecule has 29 heavy (non-hydrogen) atoms. The van der Waals surface area contributed by atoms with Crippen molar-refractivity contribution in [1.29, 1.82) is 0 Å². The zero-order valence-electron chi connectivity index (χ0n) is 14.9. The van der Waals surface area contributed by atoms with Crippen LogP contribution >= 0.6 is 11.6 Å². The molecule has 0 radical (unpaired) electrons. The number of hydrogen-bond donors (Lipinski definition) is 1. The van der Waals surface area contributed by atoms with Crippen LogP contribution in [0.1, 0.15) is 12.0 Å². The van der Waals surface area contributed by atoms with Gasteiger partial charge in [0.1, 0.15) is 0 Å². The van der Waals surface area contributed by atoms with Crippen LogP contribution in [0.15, 0.2) is 47.4 Å². The third-order valence-electron chi connectivity index (χ3n) is 3.94. The maximum absolute atomic E-state index is 12.5. The lowest BCUT2D eigenvalue weighted by molar-refractivity contribution is -0.111. The van der Waals surface area contributed by atoms with Crippen molar-refractivity contribution in [2.24, 2.45) is 0 Å². The van der Waals surface area contributed by atoms with Crippen molar-refractivity contribution in [1.82, 2.24) is 0 Å². The monoisotopic (exact) mass is 443 g/mol. The summed E-state index contributed by atoms with van der Waals surface area (Å²) in [5, 5.41) is 2.87. The molecular weight excluding hydrogens is 428 g/mol. The van der Waals surface area contributed by atoms with E-state index in [9.17, 15) is 22.0 Å². The van der Waals surface area contributed by atoms with Crippen LogP contribution in [0.2, 0.25) is 5.02 Å². The van der Waals surface area contributed by atoms with Gasteiger partial charge in [-0.2, -0.15) is 8.78 Å². The third-order valence-corrected chi connectivity index (χ3v) is 5.62. The fourth-order valence-corrected chi connectivity index (χ4v) is 3.53. The highest BCUT2D eigenvalue weighted by molar-refractivity contribution is 7.91. The highest BCUT2D eigenvalue weighted by Gasteiger charge is 2.26. The molecule has 2 aromatic carbocycles. The van der Waals surface area contributed by atoms with E-state index in [2.05, 4.69) is 5.32 Å². The van der Waals surface area contributed by atoms with Gasteiger partial charge in [0.2, 0.25) is 15.7 Å². The van der Waals surface area contributed by atoms with Crippen LogP contribution in [0.25, 0.3) is 6.08 Å². The Balaban J connectivity index is 1.69. The van der Waals surface area contributed by atoms with Crippen molar-refractivity contribution in [3.63, 3.8) is 0 Å². The molecule has 1 N–H and O–H groups in total. The van der Waals surface area contributed by atoms with Crippen LogP contribution in [0.3, 0.4) is 0 Å². The van der Waals surface area contributed by atoms with Crippen LogP contribution in [0.4, 0.5) is 14.5 Å². The first-order valence-corrected chi connectivity index (χ1v) is 10.4. The Hall–Kier alpha value is -2.65. The molecule has 1 aliphatic rings. The van der Waals surface area contributed by atoms with E-state index >= 15 is 0 Å². The minimum absolute atomic E-state index is 0.254. The fraction of sp³-hybridized carbons (Fsp3) is 0.211. The Morgan fingerprint density at radius 2 is 1.83 bits per heavy atom. The smallest absolute Gasteiger partial charge is 0.341 e. The molecule has 1 aliphatic heterocycles. The van der Waals surface area contributed by atoms with Crippen LogP contribution < -0.4 is 14.8 Å². The van der Waals surface area contributed by atoms with Gasteiger partial charge < -0.3 is 14.8 Å². The zero-order valence-corrected chi connectivity index (χ0v) is 16.5. The summed E-state index contributed by atoms with van der Waals surface area (Å²) >= 11 is 6.20. The molecule has 154 valence electrons. The normalized spacial score (nSPS) is 14.1.